The van der Waals surface area contributed by atoms with E-state index in [-0.39, 0.29) is 49.9 Å². The van der Waals surface area contributed by atoms with E-state index in [0.29, 0.717) is 16.5 Å². The van der Waals surface area contributed by atoms with E-state index in [2.05, 4.69) is 0 Å². The second-order valence-corrected chi connectivity index (χ2v) is 8.20. The highest BCUT2D eigenvalue weighted by molar-refractivity contribution is 6.17. The minimum absolute atomic E-state index is 0.00129. The molecule has 5 aromatic rings. The van der Waals surface area contributed by atoms with Crippen LogP contribution in [0.25, 0.3) is 44.0 Å². The number of ketones is 2. The number of carbonyl (C=O) groups excluding carboxylic acids is 2. The predicted molar refractivity (Wildman–Crippen MR) is 128 cm³/mol. The number of aryl methyl sites for hydroxylation is 1. The summed E-state index contributed by atoms with van der Waals surface area (Å²) in [6, 6.07) is 10.5. The molecule has 0 aliphatic heterocycles. The van der Waals surface area contributed by atoms with Crippen LogP contribution in [0.15, 0.2) is 67.2 Å². The largest absolute Gasteiger partial charge is 0.508 e. The van der Waals surface area contributed by atoms with E-state index >= 15 is 0 Å². The highest BCUT2D eigenvalue weighted by Crippen LogP contribution is 2.35. The summed E-state index contributed by atoms with van der Waals surface area (Å²) in [5.41, 5.74) is 0.295. The van der Waals surface area contributed by atoms with Crippen molar-refractivity contribution in [2.24, 2.45) is 0 Å². The monoisotopic (exact) mass is 454 g/mol. The normalized spacial score (nSPS) is 11.4. The number of carbonyl (C=O) groups is 2. The highest BCUT2D eigenvalue weighted by atomic mass is 16.3. The molecule has 0 saturated carbocycles. The van der Waals surface area contributed by atoms with Gasteiger partial charge in [0.2, 0.25) is 10.9 Å². The number of phenolic OH excluding ortho intramolecular Hbond substituents is 1. The first-order valence-corrected chi connectivity index (χ1v) is 10.5. The molecule has 5 rings (SSSR count). The van der Waals surface area contributed by atoms with Crippen molar-refractivity contribution in [1.82, 2.24) is 0 Å². The summed E-state index contributed by atoms with van der Waals surface area (Å²) in [7, 11) is 0. The van der Waals surface area contributed by atoms with E-state index in [4.69, 9.17) is 8.83 Å². The molecule has 0 radical (unpaired) electrons. The Morgan fingerprint density at radius 1 is 0.882 bits per heavy atom. The van der Waals surface area contributed by atoms with E-state index < -0.39 is 22.4 Å². The number of benzene rings is 3. The Hall–Kier alpha value is -4.52. The second-order valence-electron chi connectivity index (χ2n) is 8.20. The third-order valence-corrected chi connectivity index (χ3v) is 5.95. The number of Topliss-reactive ketones (excluding diaryl/α,β-unsaturated/α-hetero) is 2. The molecule has 0 bridgehead atoms. The SMILES string of the molecule is CC(=O)c1cc2c(=O)c3cc(O)ccc3oc2c(C(C)=O)c1-c1coc2cccc(C)c2c1=O. The van der Waals surface area contributed by atoms with Gasteiger partial charge >= 0.3 is 0 Å². The fraction of sp³-hybridized carbons (Fsp3) is 0.111. The molecule has 0 aliphatic carbocycles. The number of hydrogen-bond acceptors (Lipinski definition) is 7. The Morgan fingerprint density at radius 3 is 2.35 bits per heavy atom. The maximum absolute atomic E-state index is 13.5. The van der Waals surface area contributed by atoms with Crippen LogP contribution in [-0.2, 0) is 0 Å². The quantitative estimate of drug-likeness (QED) is 0.296. The summed E-state index contributed by atoms with van der Waals surface area (Å²) in [6.45, 7) is 4.33. The Morgan fingerprint density at radius 2 is 1.65 bits per heavy atom. The summed E-state index contributed by atoms with van der Waals surface area (Å²) in [4.78, 5) is 52.4. The standard InChI is InChI=1S/C27H18O7/c1-12-5-4-6-21-22(12)26(32)19(11-33-21)24-16(13(2)28)10-18-25(31)17-9-15(30)7-8-20(17)34-27(18)23(24)14(3)29/h4-11,30H,1-3H3. The van der Waals surface area contributed by atoms with Gasteiger partial charge in [-0.1, -0.05) is 12.1 Å². The van der Waals surface area contributed by atoms with Gasteiger partial charge in [-0.2, -0.15) is 0 Å². The van der Waals surface area contributed by atoms with Crippen molar-refractivity contribution in [2.75, 3.05) is 0 Å². The zero-order valence-corrected chi connectivity index (χ0v) is 18.5. The minimum atomic E-state index is -0.509. The predicted octanol–water partition coefficient (Wildman–Crippen LogP) is 5.14. The molecule has 0 saturated heterocycles. The summed E-state index contributed by atoms with van der Waals surface area (Å²) in [6.07, 6.45) is 1.22. The molecule has 0 amide bonds. The van der Waals surface area contributed by atoms with Gasteiger partial charge in [-0.3, -0.25) is 19.2 Å². The van der Waals surface area contributed by atoms with E-state index in [1.807, 2.05) is 0 Å². The summed E-state index contributed by atoms with van der Waals surface area (Å²) in [5, 5.41) is 10.2. The first-order valence-electron chi connectivity index (χ1n) is 10.5. The second kappa shape index (κ2) is 7.52. The third kappa shape index (κ3) is 3.05. The topological polar surface area (TPSA) is 115 Å². The third-order valence-electron chi connectivity index (χ3n) is 5.95. The Kier molecular flexibility index (Phi) is 4.72. The van der Waals surface area contributed by atoms with Gasteiger partial charge in [0.15, 0.2) is 11.6 Å². The van der Waals surface area contributed by atoms with Crippen LogP contribution < -0.4 is 10.9 Å². The summed E-state index contributed by atoms with van der Waals surface area (Å²) in [5.74, 6) is -1.06. The smallest absolute Gasteiger partial charge is 0.200 e. The van der Waals surface area contributed by atoms with Crippen molar-refractivity contribution >= 4 is 44.5 Å². The number of rotatable bonds is 3. The lowest BCUT2D eigenvalue weighted by atomic mass is 9.88. The summed E-state index contributed by atoms with van der Waals surface area (Å²) < 4.78 is 11.7. The van der Waals surface area contributed by atoms with Crippen LogP contribution in [-0.4, -0.2) is 16.7 Å². The van der Waals surface area contributed by atoms with Crippen LogP contribution in [0.4, 0.5) is 0 Å². The van der Waals surface area contributed by atoms with Crippen molar-refractivity contribution in [3.63, 3.8) is 0 Å². The molecule has 7 nitrogen and oxygen atoms in total. The molecule has 3 aromatic carbocycles. The van der Waals surface area contributed by atoms with Crippen molar-refractivity contribution in [1.29, 1.82) is 0 Å². The zero-order chi connectivity index (χ0) is 24.3. The van der Waals surface area contributed by atoms with Gasteiger partial charge in [0.05, 0.1) is 27.3 Å². The molecule has 2 aromatic heterocycles. The van der Waals surface area contributed by atoms with Crippen molar-refractivity contribution < 1.29 is 23.5 Å². The maximum Gasteiger partial charge on any atom is 0.200 e. The van der Waals surface area contributed by atoms with Crippen LogP contribution in [0.2, 0.25) is 0 Å². The Balaban J connectivity index is 2.03. The average molecular weight is 454 g/mol. The van der Waals surface area contributed by atoms with Crippen LogP contribution in [0.5, 0.6) is 5.75 Å². The van der Waals surface area contributed by atoms with E-state index in [1.165, 1.54) is 44.4 Å². The fourth-order valence-corrected chi connectivity index (χ4v) is 4.39. The van der Waals surface area contributed by atoms with Gasteiger partial charge in [-0.25, -0.2) is 0 Å². The number of aromatic hydroxyl groups is 1. The molecule has 168 valence electrons. The van der Waals surface area contributed by atoms with Crippen molar-refractivity contribution in [3.8, 4) is 16.9 Å². The van der Waals surface area contributed by atoms with Crippen LogP contribution >= 0.6 is 0 Å². The Bertz CT molecular complexity index is 1820. The van der Waals surface area contributed by atoms with Crippen molar-refractivity contribution in [2.45, 2.75) is 20.8 Å². The molecule has 0 unspecified atom stereocenters. The molecule has 0 aliphatic rings. The first kappa shape index (κ1) is 21.3. The summed E-state index contributed by atoms with van der Waals surface area (Å²) >= 11 is 0. The molecule has 0 atom stereocenters. The number of hydrogen-bond donors (Lipinski definition) is 1. The number of fused-ring (bicyclic) bond motifs is 3. The lowest BCUT2D eigenvalue weighted by Crippen LogP contribution is -2.14. The van der Waals surface area contributed by atoms with Crippen LogP contribution in [0.1, 0.15) is 40.1 Å². The Labute approximate surface area is 191 Å². The zero-order valence-electron chi connectivity index (χ0n) is 18.5. The molecular weight excluding hydrogens is 436 g/mol. The molecular formula is C27H18O7. The fourth-order valence-electron chi connectivity index (χ4n) is 4.39. The first-order chi connectivity index (χ1) is 16.2. The lowest BCUT2D eigenvalue weighted by molar-refractivity contribution is 0.101. The van der Waals surface area contributed by atoms with Crippen LogP contribution in [0, 0.1) is 6.92 Å². The highest BCUT2D eigenvalue weighted by Gasteiger charge is 2.27. The van der Waals surface area contributed by atoms with Gasteiger partial charge in [-0.05, 0) is 56.7 Å². The van der Waals surface area contributed by atoms with E-state index in [9.17, 15) is 24.3 Å². The minimum Gasteiger partial charge on any atom is -0.508 e. The molecule has 0 spiro atoms. The van der Waals surface area contributed by atoms with E-state index in [0.717, 1.165) is 0 Å². The van der Waals surface area contributed by atoms with E-state index in [1.54, 1.807) is 25.1 Å². The van der Waals surface area contributed by atoms with Gasteiger partial charge < -0.3 is 13.9 Å². The maximum atomic E-state index is 13.5. The van der Waals surface area contributed by atoms with Gasteiger partial charge in [-0.15, -0.1) is 0 Å². The van der Waals surface area contributed by atoms with Crippen molar-refractivity contribution in [3.05, 3.63) is 85.9 Å². The molecule has 1 N–H and O–H groups in total. The van der Waals surface area contributed by atoms with Gasteiger partial charge in [0.25, 0.3) is 0 Å². The lowest BCUT2D eigenvalue weighted by Gasteiger charge is -2.15. The van der Waals surface area contributed by atoms with Gasteiger partial charge in [0, 0.05) is 11.1 Å². The average Bonchev–Trinajstić information content (AvgIpc) is 2.79. The molecule has 7 heteroatoms. The molecule has 0 fully saturated rings. The number of phenols is 1. The molecule has 34 heavy (non-hydrogen) atoms. The van der Waals surface area contributed by atoms with Crippen LogP contribution in [0.3, 0.4) is 0 Å². The molecule has 2 heterocycles. The van der Waals surface area contributed by atoms with Gasteiger partial charge in [0.1, 0.15) is 28.8 Å².